The highest BCUT2D eigenvalue weighted by molar-refractivity contribution is 7.45. The van der Waals surface area contributed by atoms with Gasteiger partial charge in [0.2, 0.25) is 0 Å². The van der Waals surface area contributed by atoms with E-state index in [4.69, 9.17) is 46.9 Å². The number of unbranched alkanes of at least 4 members (excludes halogenated alkanes) is 28. The molecule has 5 rings (SSSR count). The standard InChI is InChI=1S/C75H115O14P/c1-3-5-7-9-11-13-15-17-19-21-23-25-27-29-43-53-70(76)82-61-68(88-71(77)54-44-30-28-26-24-22-20-18-16-14-12-10-8-6-4-2)62-87-90(78,79)86-56-55-81-75-74(85-60-67-51-41-34-42-52-67)73(84-59-66-49-39-33-40-50-66)72(83-58-65-47-37-32-38-48-65)69(89-75)63-80-57-64-45-35-31-36-46-64/h31-42,45-52,68-69,72-75H,3-30,43-44,53-63H2,1-2H3,(H,78,79)/p-1. The summed E-state index contributed by atoms with van der Waals surface area (Å²) in [7, 11) is -5.03. The van der Waals surface area contributed by atoms with Gasteiger partial charge in [0.05, 0.1) is 52.9 Å². The summed E-state index contributed by atoms with van der Waals surface area (Å²) in [4.78, 5) is 39.7. The van der Waals surface area contributed by atoms with Crippen molar-refractivity contribution in [1.82, 2.24) is 0 Å². The number of esters is 2. The lowest BCUT2D eigenvalue weighted by molar-refractivity contribution is -0.329. The Morgan fingerprint density at radius 2 is 0.789 bits per heavy atom. The third-order valence-corrected chi connectivity index (χ3v) is 17.5. The molecule has 0 aromatic heterocycles. The minimum absolute atomic E-state index is 0.102. The molecule has 1 aliphatic rings. The van der Waals surface area contributed by atoms with E-state index in [1.165, 1.54) is 141 Å². The van der Waals surface area contributed by atoms with Crippen LogP contribution in [0.2, 0.25) is 0 Å². The maximum absolute atomic E-state index is 13.5. The van der Waals surface area contributed by atoms with Crippen LogP contribution in [0, 0.1) is 0 Å². The van der Waals surface area contributed by atoms with Crippen molar-refractivity contribution < 1.29 is 66.0 Å². The van der Waals surface area contributed by atoms with Crippen molar-refractivity contribution in [2.45, 2.75) is 283 Å². The van der Waals surface area contributed by atoms with E-state index in [9.17, 15) is 19.0 Å². The molecule has 0 amide bonds. The topological polar surface area (TPSA) is 167 Å². The van der Waals surface area contributed by atoms with Crippen LogP contribution < -0.4 is 4.89 Å². The number of carbonyl (C=O) groups is 2. The number of benzene rings is 4. The lowest BCUT2D eigenvalue weighted by atomic mass is 9.97. The van der Waals surface area contributed by atoms with Gasteiger partial charge in [0.15, 0.2) is 12.4 Å². The minimum atomic E-state index is -5.03. The van der Waals surface area contributed by atoms with Gasteiger partial charge in [-0.05, 0) is 35.1 Å². The zero-order valence-corrected chi connectivity index (χ0v) is 56.1. The van der Waals surface area contributed by atoms with Crippen LogP contribution in [-0.4, -0.2) is 81.8 Å². The number of ether oxygens (including phenoxy) is 8. The fraction of sp³-hybridized carbons (Fsp3) is 0.653. The first-order valence-corrected chi connectivity index (χ1v) is 36.5. The lowest BCUT2D eigenvalue weighted by Gasteiger charge is -2.46. The minimum Gasteiger partial charge on any atom is -0.756 e. The fourth-order valence-corrected chi connectivity index (χ4v) is 12.0. The Morgan fingerprint density at radius 3 is 1.21 bits per heavy atom. The Kier molecular flexibility index (Phi) is 42.6. The van der Waals surface area contributed by atoms with Crippen molar-refractivity contribution in [2.24, 2.45) is 0 Å². The Bertz CT molecular complexity index is 2380. The number of phosphoric acid groups is 1. The molecule has 1 aliphatic heterocycles. The van der Waals surface area contributed by atoms with Crippen LogP contribution in [0.1, 0.15) is 242 Å². The van der Waals surface area contributed by atoms with Crippen molar-refractivity contribution in [3.05, 3.63) is 144 Å². The van der Waals surface area contributed by atoms with Crippen LogP contribution in [0.4, 0.5) is 0 Å². The molecule has 1 heterocycles. The lowest BCUT2D eigenvalue weighted by Crippen LogP contribution is -2.62. The summed E-state index contributed by atoms with van der Waals surface area (Å²) in [5.74, 6) is -0.944. The molecule has 15 heteroatoms. The second-order valence-corrected chi connectivity index (χ2v) is 25.9. The molecule has 0 saturated carbocycles. The average molecular weight is 1270 g/mol. The molecule has 0 aliphatic carbocycles. The second kappa shape index (κ2) is 50.2. The van der Waals surface area contributed by atoms with E-state index in [1.54, 1.807) is 0 Å². The fourth-order valence-electron chi connectivity index (χ4n) is 11.3. The third-order valence-electron chi connectivity index (χ3n) is 16.6. The molecular weight excluding hydrogens is 1160 g/mol. The second-order valence-electron chi connectivity index (χ2n) is 24.5. The zero-order valence-electron chi connectivity index (χ0n) is 55.2. The summed E-state index contributed by atoms with van der Waals surface area (Å²) in [6.07, 6.45) is 31.3. The van der Waals surface area contributed by atoms with Crippen LogP contribution in [0.15, 0.2) is 121 Å². The molecule has 14 nitrogen and oxygen atoms in total. The van der Waals surface area contributed by atoms with E-state index < -0.39 is 69.8 Å². The van der Waals surface area contributed by atoms with Crippen LogP contribution >= 0.6 is 7.82 Å². The number of hydrogen-bond donors (Lipinski definition) is 0. The molecule has 0 spiro atoms. The molecule has 4 aromatic rings. The molecule has 0 N–H and O–H groups in total. The molecule has 1 fully saturated rings. The highest BCUT2D eigenvalue weighted by atomic mass is 31.2. The first kappa shape index (κ1) is 76.4. The van der Waals surface area contributed by atoms with Gasteiger partial charge in [-0.3, -0.25) is 14.2 Å². The van der Waals surface area contributed by atoms with E-state index >= 15 is 0 Å². The maximum atomic E-state index is 13.5. The van der Waals surface area contributed by atoms with Crippen molar-refractivity contribution >= 4 is 19.8 Å². The van der Waals surface area contributed by atoms with Crippen LogP contribution in [0.25, 0.3) is 0 Å². The Labute approximate surface area is 542 Å². The molecule has 1 saturated heterocycles. The van der Waals surface area contributed by atoms with Gasteiger partial charge >= 0.3 is 11.9 Å². The summed E-state index contributed by atoms with van der Waals surface area (Å²) >= 11 is 0. The molecule has 4 aromatic carbocycles. The van der Waals surface area contributed by atoms with E-state index in [-0.39, 0.29) is 52.5 Å². The number of hydrogen-bond acceptors (Lipinski definition) is 14. The van der Waals surface area contributed by atoms with Gasteiger partial charge in [-0.1, -0.05) is 315 Å². The van der Waals surface area contributed by atoms with Gasteiger partial charge in [0, 0.05) is 12.8 Å². The van der Waals surface area contributed by atoms with Gasteiger partial charge in [-0.2, -0.15) is 0 Å². The molecule has 90 heavy (non-hydrogen) atoms. The predicted octanol–water partition coefficient (Wildman–Crippen LogP) is 18.2. The predicted molar refractivity (Wildman–Crippen MR) is 355 cm³/mol. The summed E-state index contributed by atoms with van der Waals surface area (Å²) in [5.41, 5.74) is 3.78. The number of carbonyl (C=O) groups excluding carboxylic acids is 2. The molecule has 504 valence electrons. The molecule has 7 unspecified atom stereocenters. The monoisotopic (exact) mass is 1270 g/mol. The summed E-state index contributed by atoms with van der Waals surface area (Å²) < 4.78 is 75.3. The van der Waals surface area contributed by atoms with Crippen molar-refractivity contribution in [2.75, 3.05) is 33.0 Å². The van der Waals surface area contributed by atoms with E-state index in [0.29, 0.717) is 19.4 Å². The Morgan fingerprint density at radius 1 is 0.422 bits per heavy atom. The van der Waals surface area contributed by atoms with Gasteiger partial charge in [-0.15, -0.1) is 0 Å². The van der Waals surface area contributed by atoms with Crippen LogP contribution in [-0.2, 0) is 87.5 Å². The molecular formula is C75H114O14P-. The average Bonchev–Trinajstić information content (AvgIpc) is 1.05. The van der Waals surface area contributed by atoms with Crippen molar-refractivity contribution in [3.63, 3.8) is 0 Å². The highest BCUT2D eigenvalue weighted by Gasteiger charge is 2.49. The van der Waals surface area contributed by atoms with Gasteiger partial charge in [0.1, 0.15) is 31.0 Å². The van der Waals surface area contributed by atoms with E-state index in [1.807, 2.05) is 121 Å². The van der Waals surface area contributed by atoms with Crippen LogP contribution in [0.5, 0.6) is 0 Å². The normalized spacial score (nSPS) is 17.7. The van der Waals surface area contributed by atoms with Gasteiger partial charge in [-0.25, -0.2) is 0 Å². The number of phosphoric ester groups is 1. The first-order chi connectivity index (χ1) is 44.2. The quantitative estimate of drug-likeness (QED) is 0.0233. The van der Waals surface area contributed by atoms with Crippen LogP contribution in [0.3, 0.4) is 0 Å². The van der Waals surface area contributed by atoms with Gasteiger partial charge < -0.3 is 51.8 Å². The highest BCUT2D eigenvalue weighted by Crippen LogP contribution is 2.39. The SMILES string of the molecule is CCCCCCCCCCCCCCCCCC(=O)OCC(COP(=O)([O-])OCCOC1OC(COCc2ccccc2)C(OCc2ccccc2)C(OCc2ccccc2)C1OCc1ccccc1)OC(=O)CCCCCCCCCCCCCCCCC. The van der Waals surface area contributed by atoms with Crippen molar-refractivity contribution in [3.8, 4) is 0 Å². The number of rotatable bonds is 56. The molecule has 0 radical (unpaired) electrons. The Balaban J connectivity index is 1.15. The largest absolute Gasteiger partial charge is 0.756 e. The molecule has 7 atom stereocenters. The zero-order chi connectivity index (χ0) is 63.6. The van der Waals surface area contributed by atoms with E-state index in [2.05, 4.69) is 13.8 Å². The van der Waals surface area contributed by atoms with E-state index in [0.717, 1.165) is 60.8 Å². The third kappa shape index (κ3) is 36.2. The smallest absolute Gasteiger partial charge is 0.306 e. The van der Waals surface area contributed by atoms with Crippen molar-refractivity contribution in [1.29, 1.82) is 0 Å². The Hall–Kier alpha value is -4.31. The summed E-state index contributed by atoms with van der Waals surface area (Å²) in [6, 6.07) is 39.2. The first-order valence-electron chi connectivity index (χ1n) is 35.0. The van der Waals surface area contributed by atoms with Gasteiger partial charge in [0.25, 0.3) is 7.82 Å². The summed E-state index contributed by atoms with van der Waals surface area (Å²) in [5, 5.41) is 0. The molecule has 0 bridgehead atoms. The maximum Gasteiger partial charge on any atom is 0.306 e. The summed E-state index contributed by atoms with van der Waals surface area (Å²) in [6.45, 7) is 3.91.